The molecule has 0 saturated carbocycles. The van der Waals surface area contributed by atoms with E-state index in [1.54, 1.807) is 12.4 Å². The van der Waals surface area contributed by atoms with Crippen molar-refractivity contribution in [3.05, 3.63) is 60.0 Å². The summed E-state index contributed by atoms with van der Waals surface area (Å²) >= 11 is 0. The van der Waals surface area contributed by atoms with Gasteiger partial charge in [-0.25, -0.2) is 0 Å². The second-order valence-electron chi connectivity index (χ2n) is 5.68. The van der Waals surface area contributed by atoms with Crippen LogP contribution in [0.3, 0.4) is 0 Å². The van der Waals surface area contributed by atoms with Crippen LogP contribution in [0.4, 0.5) is 5.69 Å². The van der Waals surface area contributed by atoms with Crippen LogP contribution in [0.25, 0.3) is 11.3 Å². The van der Waals surface area contributed by atoms with Crippen LogP contribution in [0.5, 0.6) is 5.75 Å². The first kappa shape index (κ1) is 17.0. The standard InChI is InChI=1S/C19H22N4O2/c1-3-25-18-5-4-17(10-15(18)13-24)21-11-16-12-23(2)22-19(16)14-6-8-20-9-7-14/h4-10,12,21,24H,3,11,13H2,1-2H3. The molecule has 3 aromatic rings. The minimum Gasteiger partial charge on any atom is -0.494 e. The van der Waals surface area contributed by atoms with Crippen molar-refractivity contribution in [3.8, 4) is 17.0 Å². The molecule has 0 bridgehead atoms. The van der Waals surface area contributed by atoms with Crippen molar-refractivity contribution in [2.45, 2.75) is 20.1 Å². The average molecular weight is 338 g/mol. The number of nitrogens with zero attached hydrogens (tertiary/aromatic N) is 3. The molecule has 6 heteroatoms. The third kappa shape index (κ3) is 3.97. The number of hydrogen-bond donors (Lipinski definition) is 2. The molecule has 0 aliphatic rings. The number of anilines is 1. The van der Waals surface area contributed by atoms with Crippen molar-refractivity contribution < 1.29 is 9.84 Å². The maximum Gasteiger partial charge on any atom is 0.124 e. The van der Waals surface area contributed by atoms with Gasteiger partial charge in [-0.05, 0) is 37.3 Å². The SMILES string of the molecule is CCOc1ccc(NCc2cn(C)nc2-c2ccncc2)cc1CO. The zero-order chi connectivity index (χ0) is 17.6. The monoisotopic (exact) mass is 338 g/mol. The number of ether oxygens (including phenoxy) is 1. The van der Waals surface area contributed by atoms with E-state index in [2.05, 4.69) is 15.4 Å². The highest BCUT2D eigenvalue weighted by Gasteiger charge is 2.10. The van der Waals surface area contributed by atoms with Gasteiger partial charge in [0, 0.05) is 54.6 Å². The van der Waals surface area contributed by atoms with Gasteiger partial charge in [-0.3, -0.25) is 9.67 Å². The zero-order valence-electron chi connectivity index (χ0n) is 14.4. The van der Waals surface area contributed by atoms with E-state index < -0.39 is 0 Å². The third-order valence-electron chi connectivity index (χ3n) is 3.87. The van der Waals surface area contributed by atoms with Gasteiger partial charge in [0.1, 0.15) is 5.75 Å². The molecule has 0 atom stereocenters. The second kappa shape index (κ2) is 7.81. The molecule has 2 N–H and O–H groups in total. The van der Waals surface area contributed by atoms with Crippen LogP contribution >= 0.6 is 0 Å². The molecule has 0 saturated heterocycles. The van der Waals surface area contributed by atoms with Gasteiger partial charge in [-0.1, -0.05) is 0 Å². The highest BCUT2D eigenvalue weighted by atomic mass is 16.5. The van der Waals surface area contributed by atoms with Gasteiger partial charge in [-0.15, -0.1) is 0 Å². The quantitative estimate of drug-likeness (QED) is 0.693. The van der Waals surface area contributed by atoms with Crippen molar-refractivity contribution in [2.75, 3.05) is 11.9 Å². The largest absolute Gasteiger partial charge is 0.494 e. The summed E-state index contributed by atoms with van der Waals surface area (Å²) in [4.78, 5) is 4.06. The Morgan fingerprint density at radius 1 is 1.16 bits per heavy atom. The summed E-state index contributed by atoms with van der Waals surface area (Å²) in [5.41, 5.74) is 4.76. The molecule has 3 rings (SSSR count). The first-order valence-electron chi connectivity index (χ1n) is 8.24. The molecular weight excluding hydrogens is 316 g/mol. The molecule has 1 aromatic carbocycles. The van der Waals surface area contributed by atoms with Crippen LogP contribution in [0, 0.1) is 0 Å². The molecule has 0 spiro atoms. The minimum atomic E-state index is -0.0555. The molecular formula is C19H22N4O2. The van der Waals surface area contributed by atoms with Crippen molar-refractivity contribution in [1.29, 1.82) is 0 Å². The first-order chi connectivity index (χ1) is 12.2. The Morgan fingerprint density at radius 3 is 2.68 bits per heavy atom. The summed E-state index contributed by atoms with van der Waals surface area (Å²) in [5, 5.41) is 17.5. The number of aryl methyl sites for hydroxylation is 1. The molecule has 130 valence electrons. The van der Waals surface area contributed by atoms with Crippen LogP contribution in [0.2, 0.25) is 0 Å². The number of rotatable bonds is 7. The number of nitrogens with one attached hydrogen (secondary N) is 1. The Labute approximate surface area is 147 Å². The number of hydrogen-bond acceptors (Lipinski definition) is 5. The van der Waals surface area contributed by atoms with E-state index in [0.29, 0.717) is 13.2 Å². The van der Waals surface area contributed by atoms with Crippen molar-refractivity contribution in [1.82, 2.24) is 14.8 Å². The first-order valence-corrected chi connectivity index (χ1v) is 8.24. The van der Waals surface area contributed by atoms with Crippen LogP contribution in [0.15, 0.2) is 48.9 Å². The van der Waals surface area contributed by atoms with Crippen LogP contribution in [-0.4, -0.2) is 26.5 Å². The van der Waals surface area contributed by atoms with Gasteiger partial charge < -0.3 is 15.2 Å². The van der Waals surface area contributed by atoms with Gasteiger partial charge in [0.25, 0.3) is 0 Å². The zero-order valence-corrected chi connectivity index (χ0v) is 14.4. The van der Waals surface area contributed by atoms with Gasteiger partial charge >= 0.3 is 0 Å². The molecule has 0 amide bonds. The molecule has 0 aliphatic heterocycles. The number of aliphatic hydroxyl groups is 1. The van der Waals surface area contributed by atoms with E-state index >= 15 is 0 Å². The lowest BCUT2D eigenvalue weighted by molar-refractivity contribution is 0.267. The Morgan fingerprint density at radius 2 is 1.96 bits per heavy atom. The molecule has 2 aromatic heterocycles. The van der Waals surface area contributed by atoms with Gasteiger partial charge in [0.15, 0.2) is 0 Å². The summed E-state index contributed by atoms with van der Waals surface area (Å²) in [6.07, 6.45) is 5.53. The lowest BCUT2D eigenvalue weighted by Gasteiger charge is -2.12. The lowest BCUT2D eigenvalue weighted by atomic mass is 10.1. The van der Waals surface area contributed by atoms with Crippen LogP contribution < -0.4 is 10.1 Å². The highest BCUT2D eigenvalue weighted by molar-refractivity contribution is 5.63. The number of aliphatic hydroxyl groups excluding tert-OH is 1. The van der Waals surface area contributed by atoms with E-state index in [1.807, 2.05) is 55.2 Å². The summed E-state index contributed by atoms with van der Waals surface area (Å²) in [5.74, 6) is 0.717. The van der Waals surface area contributed by atoms with Crippen molar-refractivity contribution >= 4 is 5.69 Å². The third-order valence-corrected chi connectivity index (χ3v) is 3.87. The number of pyridine rings is 1. The van der Waals surface area contributed by atoms with Crippen molar-refractivity contribution in [2.24, 2.45) is 7.05 Å². The fourth-order valence-electron chi connectivity index (χ4n) is 2.73. The van der Waals surface area contributed by atoms with E-state index in [1.165, 1.54) is 0 Å². The van der Waals surface area contributed by atoms with Gasteiger partial charge in [0.2, 0.25) is 0 Å². The highest BCUT2D eigenvalue weighted by Crippen LogP contribution is 2.25. The second-order valence-corrected chi connectivity index (χ2v) is 5.68. The predicted molar refractivity (Wildman–Crippen MR) is 97.3 cm³/mol. The molecule has 6 nitrogen and oxygen atoms in total. The van der Waals surface area contributed by atoms with Crippen LogP contribution in [-0.2, 0) is 20.2 Å². The Hall–Kier alpha value is -2.86. The Balaban J connectivity index is 1.78. The van der Waals surface area contributed by atoms with Gasteiger partial charge in [-0.2, -0.15) is 5.10 Å². The number of aromatic nitrogens is 3. The van der Waals surface area contributed by atoms with Gasteiger partial charge in [0.05, 0.1) is 18.9 Å². The topological polar surface area (TPSA) is 72.2 Å². The minimum absolute atomic E-state index is 0.0555. The summed E-state index contributed by atoms with van der Waals surface area (Å²) in [6, 6.07) is 9.64. The maximum absolute atomic E-state index is 9.52. The van der Waals surface area contributed by atoms with E-state index in [-0.39, 0.29) is 6.61 Å². The molecule has 0 fully saturated rings. The summed E-state index contributed by atoms with van der Waals surface area (Å²) < 4.78 is 7.33. The summed E-state index contributed by atoms with van der Waals surface area (Å²) in [6.45, 7) is 3.07. The fraction of sp³-hybridized carbons (Fsp3) is 0.263. The molecule has 2 heterocycles. The lowest BCUT2D eigenvalue weighted by Crippen LogP contribution is -2.02. The number of benzene rings is 1. The van der Waals surface area contributed by atoms with E-state index in [0.717, 1.165) is 33.8 Å². The fourth-order valence-corrected chi connectivity index (χ4v) is 2.73. The summed E-state index contributed by atoms with van der Waals surface area (Å²) in [7, 11) is 1.91. The Kier molecular flexibility index (Phi) is 5.30. The van der Waals surface area contributed by atoms with E-state index in [9.17, 15) is 5.11 Å². The molecule has 0 aliphatic carbocycles. The average Bonchev–Trinajstić information content (AvgIpc) is 3.02. The maximum atomic E-state index is 9.52. The molecule has 0 unspecified atom stereocenters. The Bertz CT molecular complexity index is 831. The van der Waals surface area contributed by atoms with Crippen LogP contribution in [0.1, 0.15) is 18.1 Å². The van der Waals surface area contributed by atoms with Crippen molar-refractivity contribution in [3.63, 3.8) is 0 Å². The normalized spacial score (nSPS) is 10.7. The molecule has 0 radical (unpaired) electrons. The molecule has 25 heavy (non-hydrogen) atoms. The smallest absolute Gasteiger partial charge is 0.124 e. The predicted octanol–water partition coefficient (Wildman–Crippen LogP) is 2.99. The van der Waals surface area contributed by atoms with E-state index in [4.69, 9.17) is 4.74 Å².